The van der Waals surface area contributed by atoms with Gasteiger partial charge in [-0.05, 0) is 57.0 Å². The fourth-order valence-corrected chi connectivity index (χ4v) is 3.46. The fourth-order valence-electron chi connectivity index (χ4n) is 3.46. The lowest BCUT2D eigenvalue weighted by Gasteiger charge is -2.25. The third kappa shape index (κ3) is 2.57. The molecule has 0 radical (unpaired) electrons. The quantitative estimate of drug-likeness (QED) is 0.922. The van der Waals surface area contributed by atoms with Crippen molar-refractivity contribution in [2.75, 3.05) is 13.1 Å². The molecule has 0 amide bonds. The molecule has 1 saturated heterocycles. The molecule has 1 N–H and O–H groups in total. The number of nitrogens with one attached hydrogen (secondary N) is 1. The molecule has 0 bridgehead atoms. The van der Waals surface area contributed by atoms with E-state index in [-0.39, 0.29) is 0 Å². The van der Waals surface area contributed by atoms with Crippen molar-refractivity contribution in [2.45, 2.75) is 38.4 Å². The molecule has 1 atom stereocenters. The van der Waals surface area contributed by atoms with Crippen LogP contribution >= 0.6 is 0 Å². The van der Waals surface area contributed by atoms with E-state index in [1.165, 1.54) is 5.56 Å². The number of para-hydroxylation sites is 1. The first-order valence-corrected chi connectivity index (χ1v) is 8.30. The lowest BCUT2D eigenvalue weighted by atomic mass is 9.89. The van der Waals surface area contributed by atoms with Crippen LogP contribution in [0.2, 0.25) is 0 Å². The molecule has 1 fully saturated rings. The Morgan fingerprint density at radius 1 is 1.13 bits per heavy atom. The standard InChI is InChI=1S/C19H22N2O2/c1-13-6-7-15(12-21-13)19(2)22-17-5-3-4-16(18(17)23-19)14-8-10-20-11-9-14/h3-7,12,14,20H,8-11H2,1-2H3/t19-/m0/s1. The topological polar surface area (TPSA) is 43.4 Å². The van der Waals surface area contributed by atoms with Gasteiger partial charge in [-0.25, -0.2) is 0 Å². The first-order valence-electron chi connectivity index (χ1n) is 8.30. The molecule has 3 heterocycles. The maximum absolute atomic E-state index is 6.32. The molecule has 0 unspecified atom stereocenters. The molecule has 1 aromatic carbocycles. The zero-order chi connectivity index (χ0) is 15.9. The first kappa shape index (κ1) is 14.5. The smallest absolute Gasteiger partial charge is 0.277 e. The molecular formula is C19H22N2O2. The number of hydrogen-bond acceptors (Lipinski definition) is 4. The molecule has 1 aromatic heterocycles. The van der Waals surface area contributed by atoms with Crippen LogP contribution in [0.25, 0.3) is 0 Å². The highest BCUT2D eigenvalue weighted by molar-refractivity contribution is 5.51. The molecular weight excluding hydrogens is 288 g/mol. The third-order valence-corrected chi connectivity index (χ3v) is 4.83. The normalized spacial score (nSPS) is 23.9. The number of nitrogens with zero attached hydrogens (tertiary/aromatic N) is 1. The summed E-state index contributed by atoms with van der Waals surface area (Å²) in [6, 6.07) is 10.3. The minimum absolute atomic E-state index is 0.535. The molecule has 0 spiro atoms. The third-order valence-electron chi connectivity index (χ3n) is 4.83. The molecule has 120 valence electrons. The van der Waals surface area contributed by atoms with Crippen LogP contribution in [0.3, 0.4) is 0 Å². The molecule has 0 saturated carbocycles. The molecule has 2 aromatic rings. The summed E-state index contributed by atoms with van der Waals surface area (Å²) in [5.74, 6) is 1.48. The van der Waals surface area contributed by atoms with Crippen LogP contribution in [0, 0.1) is 6.92 Å². The number of benzene rings is 1. The van der Waals surface area contributed by atoms with E-state index in [1.54, 1.807) is 0 Å². The van der Waals surface area contributed by atoms with Crippen molar-refractivity contribution in [1.29, 1.82) is 0 Å². The molecule has 4 nitrogen and oxygen atoms in total. The number of ether oxygens (including phenoxy) is 2. The lowest BCUT2D eigenvalue weighted by Crippen LogP contribution is -2.32. The molecule has 4 heteroatoms. The summed E-state index contributed by atoms with van der Waals surface area (Å²) in [6.07, 6.45) is 4.12. The molecule has 2 aliphatic heterocycles. The van der Waals surface area contributed by atoms with Gasteiger partial charge in [-0.1, -0.05) is 12.1 Å². The van der Waals surface area contributed by atoms with Crippen LogP contribution in [-0.4, -0.2) is 18.1 Å². The van der Waals surface area contributed by atoms with E-state index in [0.29, 0.717) is 5.92 Å². The number of aromatic nitrogens is 1. The van der Waals surface area contributed by atoms with Crippen LogP contribution < -0.4 is 14.8 Å². The van der Waals surface area contributed by atoms with Crippen LogP contribution in [0.5, 0.6) is 11.5 Å². The van der Waals surface area contributed by atoms with Crippen molar-refractivity contribution >= 4 is 0 Å². The molecule has 2 aliphatic rings. The lowest BCUT2D eigenvalue weighted by molar-refractivity contribution is -0.0687. The van der Waals surface area contributed by atoms with Crippen LogP contribution in [0.15, 0.2) is 36.5 Å². The van der Waals surface area contributed by atoms with Gasteiger partial charge in [0.05, 0.1) is 5.56 Å². The second-order valence-electron chi connectivity index (χ2n) is 6.54. The van der Waals surface area contributed by atoms with Gasteiger partial charge in [-0.2, -0.15) is 0 Å². The molecule has 4 rings (SSSR count). The van der Waals surface area contributed by atoms with Crippen molar-refractivity contribution in [3.63, 3.8) is 0 Å². The number of aryl methyl sites for hydroxylation is 1. The Bertz CT molecular complexity index is 708. The van der Waals surface area contributed by atoms with Crippen molar-refractivity contribution in [3.05, 3.63) is 53.3 Å². The van der Waals surface area contributed by atoms with Crippen molar-refractivity contribution < 1.29 is 9.47 Å². The van der Waals surface area contributed by atoms with Crippen molar-refractivity contribution in [1.82, 2.24) is 10.3 Å². The van der Waals surface area contributed by atoms with Gasteiger partial charge in [0.2, 0.25) is 0 Å². The van der Waals surface area contributed by atoms with Crippen LogP contribution in [0.4, 0.5) is 0 Å². The van der Waals surface area contributed by atoms with E-state index >= 15 is 0 Å². The molecule has 0 aliphatic carbocycles. The van der Waals surface area contributed by atoms with Gasteiger partial charge in [0.1, 0.15) is 0 Å². The minimum atomic E-state index is -0.800. The van der Waals surface area contributed by atoms with Gasteiger partial charge in [-0.3, -0.25) is 4.98 Å². The number of pyridine rings is 1. The summed E-state index contributed by atoms with van der Waals surface area (Å²) in [6.45, 7) is 6.07. The number of rotatable bonds is 2. The largest absolute Gasteiger partial charge is 0.444 e. The average Bonchev–Trinajstić information content (AvgIpc) is 2.93. The summed E-state index contributed by atoms with van der Waals surface area (Å²) in [4.78, 5) is 4.38. The number of hydrogen-bond donors (Lipinski definition) is 1. The first-order chi connectivity index (χ1) is 11.2. The Balaban J connectivity index is 1.67. The minimum Gasteiger partial charge on any atom is -0.444 e. The van der Waals surface area contributed by atoms with Gasteiger partial charge < -0.3 is 14.8 Å². The zero-order valence-corrected chi connectivity index (χ0v) is 13.6. The van der Waals surface area contributed by atoms with Crippen molar-refractivity contribution in [3.8, 4) is 11.5 Å². The predicted molar refractivity (Wildman–Crippen MR) is 88.9 cm³/mol. The Morgan fingerprint density at radius 2 is 1.96 bits per heavy atom. The number of fused-ring (bicyclic) bond motifs is 1. The van der Waals surface area contributed by atoms with E-state index in [1.807, 2.05) is 38.2 Å². The van der Waals surface area contributed by atoms with Gasteiger partial charge in [0.15, 0.2) is 11.5 Å². The summed E-state index contributed by atoms with van der Waals surface area (Å²) < 4.78 is 12.5. The fraction of sp³-hybridized carbons (Fsp3) is 0.421. The predicted octanol–water partition coefficient (Wildman–Crippen LogP) is 3.50. The monoisotopic (exact) mass is 310 g/mol. The second kappa shape index (κ2) is 5.53. The molecule has 23 heavy (non-hydrogen) atoms. The van der Waals surface area contributed by atoms with E-state index in [9.17, 15) is 0 Å². The second-order valence-corrected chi connectivity index (χ2v) is 6.54. The summed E-state index contributed by atoms with van der Waals surface area (Å²) in [5, 5.41) is 3.42. The highest BCUT2D eigenvalue weighted by Gasteiger charge is 2.41. The highest BCUT2D eigenvalue weighted by atomic mass is 16.7. The van der Waals surface area contributed by atoms with Gasteiger partial charge >= 0.3 is 0 Å². The van der Waals surface area contributed by atoms with Gasteiger partial charge in [0, 0.05) is 24.4 Å². The van der Waals surface area contributed by atoms with Crippen molar-refractivity contribution in [2.24, 2.45) is 0 Å². The van der Waals surface area contributed by atoms with Gasteiger partial charge in [0.25, 0.3) is 5.79 Å². The maximum Gasteiger partial charge on any atom is 0.277 e. The highest BCUT2D eigenvalue weighted by Crippen LogP contribution is 2.48. The van der Waals surface area contributed by atoms with Crippen LogP contribution in [0.1, 0.15) is 42.5 Å². The Labute approximate surface area is 136 Å². The van der Waals surface area contributed by atoms with E-state index in [4.69, 9.17) is 9.47 Å². The Kier molecular flexibility index (Phi) is 3.49. The van der Waals surface area contributed by atoms with Crippen LogP contribution in [-0.2, 0) is 5.79 Å². The number of piperidine rings is 1. The summed E-state index contributed by atoms with van der Waals surface area (Å²) in [7, 11) is 0. The Morgan fingerprint density at radius 3 is 2.70 bits per heavy atom. The summed E-state index contributed by atoms with van der Waals surface area (Å²) in [5.41, 5.74) is 3.20. The van der Waals surface area contributed by atoms with E-state index in [0.717, 1.165) is 48.7 Å². The van der Waals surface area contributed by atoms with E-state index in [2.05, 4.69) is 22.4 Å². The van der Waals surface area contributed by atoms with Gasteiger partial charge in [-0.15, -0.1) is 0 Å². The zero-order valence-electron chi connectivity index (χ0n) is 13.6. The summed E-state index contributed by atoms with van der Waals surface area (Å²) >= 11 is 0. The SMILES string of the molecule is Cc1ccc([C@@]2(C)Oc3cccc(C4CCNCC4)c3O2)cn1. The Hall–Kier alpha value is -2.07. The van der Waals surface area contributed by atoms with E-state index < -0.39 is 5.79 Å². The average molecular weight is 310 g/mol. The maximum atomic E-state index is 6.32.